The van der Waals surface area contributed by atoms with E-state index in [-0.39, 0.29) is 5.82 Å². The van der Waals surface area contributed by atoms with Crippen LogP contribution in [0.2, 0.25) is 0 Å². The van der Waals surface area contributed by atoms with Gasteiger partial charge in [-0.15, -0.1) is 0 Å². The van der Waals surface area contributed by atoms with Crippen molar-refractivity contribution in [2.24, 2.45) is 10.4 Å². The lowest BCUT2D eigenvalue weighted by atomic mass is 9.86. The molecule has 4 rings (SSSR count). The molecule has 1 saturated heterocycles. The van der Waals surface area contributed by atoms with Crippen LogP contribution >= 0.6 is 0 Å². The average molecular weight is 384 g/mol. The first-order chi connectivity index (χ1) is 13.7. The van der Waals surface area contributed by atoms with Gasteiger partial charge in [-0.25, -0.2) is 9.37 Å². The van der Waals surface area contributed by atoms with E-state index in [0.717, 1.165) is 43.3 Å². The zero-order chi connectivity index (χ0) is 19.4. The van der Waals surface area contributed by atoms with E-state index in [2.05, 4.69) is 22.1 Å². The molecule has 1 spiro atoms. The summed E-state index contributed by atoms with van der Waals surface area (Å²) in [4.78, 5) is 11.8. The first kappa shape index (κ1) is 19.0. The second-order valence-electron chi connectivity index (χ2n) is 8.02. The number of nitrogens with one attached hydrogen (secondary N) is 1. The van der Waals surface area contributed by atoms with Crippen LogP contribution in [0.1, 0.15) is 44.7 Å². The summed E-state index contributed by atoms with van der Waals surface area (Å²) in [6.07, 6.45) is 9.18. The number of hydrogen-bond donors (Lipinski definition) is 1. The Labute approximate surface area is 166 Å². The molecule has 1 aliphatic heterocycles. The number of nitrogens with zero attached hydrogens (tertiary/aromatic N) is 3. The first-order valence-electron chi connectivity index (χ1n) is 10.4. The van der Waals surface area contributed by atoms with Crippen LogP contribution in [0.5, 0.6) is 0 Å². The number of aromatic nitrogens is 1. The van der Waals surface area contributed by atoms with Gasteiger partial charge in [0.2, 0.25) is 5.89 Å². The Balaban J connectivity index is 1.36. The van der Waals surface area contributed by atoms with Gasteiger partial charge in [0.25, 0.3) is 0 Å². The third-order valence-corrected chi connectivity index (χ3v) is 6.01. The number of oxazole rings is 1. The summed E-state index contributed by atoms with van der Waals surface area (Å²) in [6.45, 7) is 5.90. The van der Waals surface area contributed by atoms with Gasteiger partial charge >= 0.3 is 0 Å². The minimum Gasteiger partial charge on any atom is -0.444 e. The van der Waals surface area contributed by atoms with Gasteiger partial charge in [-0.05, 0) is 55.9 Å². The predicted octanol–water partition coefficient (Wildman–Crippen LogP) is 4.25. The van der Waals surface area contributed by atoms with E-state index >= 15 is 0 Å². The van der Waals surface area contributed by atoms with Gasteiger partial charge in [0.1, 0.15) is 12.1 Å². The fourth-order valence-electron chi connectivity index (χ4n) is 4.50. The Kier molecular flexibility index (Phi) is 5.64. The predicted molar refractivity (Wildman–Crippen MR) is 109 cm³/mol. The maximum atomic E-state index is 13.1. The first-order valence-corrected chi connectivity index (χ1v) is 10.4. The molecule has 2 aromatic rings. The lowest BCUT2D eigenvalue weighted by Crippen LogP contribution is -2.41. The maximum Gasteiger partial charge on any atom is 0.226 e. The second kappa shape index (κ2) is 8.33. The van der Waals surface area contributed by atoms with E-state index < -0.39 is 0 Å². The van der Waals surface area contributed by atoms with Crippen molar-refractivity contribution in [3.05, 3.63) is 42.0 Å². The van der Waals surface area contributed by atoms with Crippen LogP contribution in [-0.2, 0) is 6.42 Å². The Morgan fingerprint density at radius 3 is 2.79 bits per heavy atom. The van der Waals surface area contributed by atoms with E-state index in [0.29, 0.717) is 17.9 Å². The smallest absolute Gasteiger partial charge is 0.226 e. The van der Waals surface area contributed by atoms with Gasteiger partial charge in [0.15, 0.2) is 5.96 Å². The molecule has 5 nitrogen and oxygen atoms in total. The third-order valence-electron chi connectivity index (χ3n) is 6.01. The van der Waals surface area contributed by atoms with Crippen molar-refractivity contribution in [2.45, 2.75) is 45.4 Å². The summed E-state index contributed by atoms with van der Waals surface area (Å²) in [6, 6.07) is 6.19. The Hall–Kier alpha value is -2.37. The molecule has 0 bridgehead atoms. The van der Waals surface area contributed by atoms with Crippen molar-refractivity contribution >= 4 is 5.96 Å². The Morgan fingerprint density at radius 2 is 2.04 bits per heavy atom. The number of rotatable bonds is 5. The molecule has 1 saturated carbocycles. The average Bonchev–Trinajstić information content (AvgIpc) is 3.45. The molecule has 0 radical (unpaired) electrons. The molecule has 0 unspecified atom stereocenters. The second-order valence-corrected chi connectivity index (χ2v) is 8.02. The quantitative estimate of drug-likeness (QED) is 0.618. The van der Waals surface area contributed by atoms with Crippen LogP contribution in [0.15, 0.2) is 39.9 Å². The minimum atomic E-state index is -0.262. The molecule has 2 fully saturated rings. The van der Waals surface area contributed by atoms with Crippen molar-refractivity contribution in [1.29, 1.82) is 0 Å². The SMILES string of the molecule is CCNC(=NCCc1coc(-c2ccc(F)cc2)n1)N1CCC2(CCCC2)C1. The zero-order valence-electron chi connectivity index (χ0n) is 16.6. The molecule has 2 aliphatic rings. The van der Waals surface area contributed by atoms with E-state index in [1.54, 1.807) is 18.4 Å². The summed E-state index contributed by atoms with van der Waals surface area (Å²) in [7, 11) is 0. The van der Waals surface area contributed by atoms with Gasteiger partial charge in [-0.3, -0.25) is 4.99 Å². The molecule has 1 aromatic carbocycles. The summed E-state index contributed by atoms with van der Waals surface area (Å²) in [5.74, 6) is 1.28. The van der Waals surface area contributed by atoms with E-state index in [1.165, 1.54) is 44.2 Å². The number of likely N-dealkylation sites (tertiary alicyclic amines) is 1. The van der Waals surface area contributed by atoms with E-state index in [1.807, 2.05) is 0 Å². The van der Waals surface area contributed by atoms with Gasteiger partial charge in [-0.1, -0.05) is 12.8 Å². The highest BCUT2D eigenvalue weighted by Crippen LogP contribution is 2.45. The van der Waals surface area contributed by atoms with E-state index in [4.69, 9.17) is 9.41 Å². The number of aliphatic imine (C=N–C) groups is 1. The molecular weight excluding hydrogens is 355 g/mol. The maximum absolute atomic E-state index is 13.1. The lowest BCUT2D eigenvalue weighted by Gasteiger charge is -2.25. The van der Waals surface area contributed by atoms with Crippen molar-refractivity contribution in [3.63, 3.8) is 0 Å². The Bertz CT molecular complexity index is 808. The fourth-order valence-corrected chi connectivity index (χ4v) is 4.50. The summed E-state index contributed by atoms with van der Waals surface area (Å²) in [5.41, 5.74) is 2.18. The molecule has 2 heterocycles. The van der Waals surface area contributed by atoms with Crippen LogP contribution in [0.25, 0.3) is 11.5 Å². The van der Waals surface area contributed by atoms with Crippen molar-refractivity contribution in [3.8, 4) is 11.5 Å². The van der Waals surface area contributed by atoms with Gasteiger partial charge in [-0.2, -0.15) is 0 Å². The number of benzene rings is 1. The molecule has 150 valence electrons. The summed E-state index contributed by atoms with van der Waals surface area (Å²) < 4.78 is 18.6. The zero-order valence-corrected chi connectivity index (χ0v) is 16.6. The fraction of sp³-hybridized carbons (Fsp3) is 0.545. The van der Waals surface area contributed by atoms with Gasteiger partial charge < -0.3 is 14.6 Å². The molecule has 1 N–H and O–H groups in total. The van der Waals surface area contributed by atoms with Crippen LogP contribution in [0.4, 0.5) is 4.39 Å². The highest BCUT2D eigenvalue weighted by atomic mass is 19.1. The minimum absolute atomic E-state index is 0.262. The van der Waals surface area contributed by atoms with Crippen molar-refractivity contribution < 1.29 is 8.81 Å². The standard InChI is InChI=1S/C22H29FN4O/c1-2-24-21(27-14-12-22(16-27)10-3-4-11-22)25-13-9-19-15-28-20(26-19)17-5-7-18(23)8-6-17/h5-8,15H,2-4,9-14,16H2,1H3,(H,24,25). The van der Waals surface area contributed by atoms with Crippen molar-refractivity contribution in [2.75, 3.05) is 26.2 Å². The third kappa shape index (κ3) is 4.21. The van der Waals surface area contributed by atoms with Crippen LogP contribution in [0, 0.1) is 11.2 Å². The van der Waals surface area contributed by atoms with Crippen molar-refractivity contribution in [1.82, 2.24) is 15.2 Å². The van der Waals surface area contributed by atoms with Gasteiger partial charge in [0.05, 0.1) is 5.69 Å². The molecular formula is C22H29FN4O. The van der Waals surface area contributed by atoms with Crippen LogP contribution < -0.4 is 5.32 Å². The lowest BCUT2D eigenvalue weighted by molar-refractivity contribution is 0.309. The Morgan fingerprint density at radius 1 is 1.25 bits per heavy atom. The molecule has 1 aromatic heterocycles. The molecule has 0 atom stereocenters. The number of hydrogen-bond acceptors (Lipinski definition) is 3. The molecule has 0 amide bonds. The van der Waals surface area contributed by atoms with E-state index in [9.17, 15) is 4.39 Å². The number of guanidine groups is 1. The highest BCUT2D eigenvalue weighted by molar-refractivity contribution is 5.80. The van der Waals surface area contributed by atoms with Crippen LogP contribution in [-0.4, -0.2) is 42.0 Å². The van der Waals surface area contributed by atoms with Gasteiger partial charge in [0, 0.05) is 38.2 Å². The summed E-state index contributed by atoms with van der Waals surface area (Å²) in [5, 5.41) is 3.45. The normalized spacial score (nSPS) is 18.9. The highest BCUT2D eigenvalue weighted by Gasteiger charge is 2.41. The monoisotopic (exact) mass is 384 g/mol. The molecule has 1 aliphatic carbocycles. The topological polar surface area (TPSA) is 53.7 Å². The summed E-state index contributed by atoms with van der Waals surface area (Å²) >= 11 is 0. The van der Waals surface area contributed by atoms with Crippen LogP contribution in [0.3, 0.4) is 0 Å². The largest absolute Gasteiger partial charge is 0.444 e. The molecule has 28 heavy (non-hydrogen) atoms. The molecule has 6 heteroatoms. The number of halogens is 1.